The third-order valence-corrected chi connectivity index (χ3v) is 6.98. The quantitative estimate of drug-likeness (QED) is 0.831. The predicted octanol–water partition coefficient (Wildman–Crippen LogP) is 2.23. The summed E-state index contributed by atoms with van der Waals surface area (Å²) in [5, 5.41) is 17.7. The molecule has 1 N–H and O–H groups in total. The summed E-state index contributed by atoms with van der Waals surface area (Å²) in [6, 6.07) is 5.59. The fraction of sp³-hybridized carbons (Fsp3) is 0.524. The van der Waals surface area contributed by atoms with Crippen LogP contribution in [0.5, 0.6) is 0 Å². The Kier molecular flexibility index (Phi) is 5.02. The van der Waals surface area contributed by atoms with E-state index in [0.29, 0.717) is 24.6 Å². The van der Waals surface area contributed by atoms with Crippen LogP contribution in [0.2, 0.25) is 0 Å². The van der Waals surface area contributed by atoms with Crippen LogP contribution in [0.1, 0.15) is 47.0 Å². The Bertz CT molecular complexity index is 1040. The van der Waals surface area contributed by atoms with Gasteiger partial charge in [0.15, 0.2) is 0 Å². The van der Waals surface area contributed by atoms with Crippen molar-refractivity contribution in [3.05, 3.63) is 50.6 Å². The molecule has 0 saturated carbocycles. The number of aryl methyl sites for hydroxylation is 3. The number of thioether (sulfide) groups is 1. The molecule has 150 valence electrons. The molecule has 0 amide bonds. The Morgan fingerprint density at radius 2 is 2.07 bits per heavy atom. The van der Waals surface area contributed by atoms with Gasteiger partial charge in [-0.05, 0) is 48.6 Å². The SMILES string of the molecule is N#Cc1cc2c(nc1NC1COCC1n1nc3c(cc1=O)CSCC3)CCCC2. The van der Waals surface area contributed by atoms with Gasteiger partial charge in [-0.2, -0.15) is 22.1 Å². The van der Waals surface area contributed by atoms with Crippen LogP contribution in [0.15, 0.2) is 16.9 Å². The highest BCUT2D eigenvalue weighted by Crippen LogP contribution is 2.28. The van der Waals surface area contributed by atoms with Gasteiger partial charge in [-0.15, -0.1) is 0 Å². The van der Waals surface area contributed by atoms with E-state index in [2.05, 4.69) is 16.5 Å². The summed E-state index contributed by atoms with van der Waals surface area (Å²) >= 11 is 1.84. The molecule has 2 atom stereocenters. The van der Waals surface area contributed by atoms with Crippen LogP contribution in [0.3, 0.4) is 0 Å². The number of rotatable bonds is 3. The maximum atomic E-state index is 12.7. The van der Waals surface area contributed by atoms with Gasteiger partial charge in [0.05, 0.1) is 30.5 Å². The van der Waals surface area contributed by atoms with Crippen molar-refractivity contribution in [2.24, 2.45) is 0 Å². The van der Waals surface area contributed by atoms with Crippen LogP contribution in [0.4, 0.5) is 5.82 Å². The number of pyridine rings is 1. The van der Waals surface area contributed by atoms with Crippen LogP contribution in [0.25, 0.3) is 0 Å². The van der Waals surface area contributed by atoms with Gasteiger partial charge in [0.2, 0.25) is 0 Å². The van der Waals surface area contributed by atoms with Crippen LogP contribution in [0, 0.1) is 11.3 Å². The minimum Gasteiger partial charge on any atom is -0.377 e. The molecule has 1 fully saturated rings. The minimum absolute atomic E-state index is 0.0903. The van der Waals surface area contributed by atoms with E-state index < -0.39 is 0 Å². The van der Waals surface area contributed by atoms with Crippen LogP contribution < -0.4 is 10.9 Å². The lowest BCUT2D eigenvalue weighted by Crippen LogP contribution is -2.38. The summed E-state index contributed by atoms with van der Waals surface area (Å²) in [5.74, 6) is 2.48. The van der Waals surface area contributed by atoms with E-state index in [9.17, 15) is 10.1 Å². The first-order valence-electron chi connectivity index (χ1n) is 10.2. The number of fused-ring (bicyclic) bond motifs is 2. The molecule has 2 aliphatic heterocycles. The Morgan fingerprint density at radius 3 is 2.97 bits per heavy atom. The van der Waals surface area contributed by atoms with Crippen molar-refractivity contribution in [1.29, 1.82) is 5.26 Å². The third kappa shape index (κ3) is 3.53. The normalized spacial score (nSPS) is 23.1. The number of nitrogens with one attached hydrogen (secondary N) is 1. The zero-order chi connectivity index (χ0) is 19.8. The van der Waals surface area contributed by atoms with Gasteiger partial charge in [0.1, 0.15) is 17.9 Å². The Balaban J connectivity index is 1.45. The average Bonchev–Trinajstić information content (AvgIpc) is 3.20. The van der Waals surface area contributed by atoms with Gasteiger partial charge in [-0.3, -0.25) is 4.79 Å². The highest BCUT2D eigenvalue weighted by Gasteiger charge is 2.33. The molecule has 7 nitrogen and oxygen atoms in total. The van der Waals surface area contributed by atoms with E-state index in [1.807, 2.05) is 17.8 Å². The molecule has 0 aromatic carbocycles. The largest absolute Gasteiger partial charge is 0.377 e. The Hall–Kier alpha value is -2.37. The zero-order valence-electron chi connectivity index (χ0n) is 16.2. The summed E-state index contributed by atoms with van der Waals surface area (Å²) in [5.41, 5.74) is 4.79. The van der Waals surface area contributed by atoms with Crippen molar-refractivity contribution >= 4 is 17.6 Å². The fourth-order valence-corrected chi connectivity index (χ4v) is 5.34. The number of hydrogen-bond acceptors (Lipinski definition) is 7. The van der Waals surface area contributed by atoms with Crippen LogP contribution in [-0.4, -0.2) is 39.8 Å². The van der Waals surface area contributed by atoms with Crippen molar-refractivity contribution in [2.45, 2.75) is 49.9 Å². The number of nitriles is 1. The van der Waals surface area contributed by atoms with E-state index in [1.54, 1.807) is 10.7 Å². The first kappa shape index (κ1) is 18.6. The Labute approximate surface area is 173 Å². The third-order valence-electron chi connectivity index (χ3n) is 5.97. The lowest BCUT2D eigenvalue weighted by atomic mass is 9.95. The molecule has 2 aromatic rings. The number of aromatic nitrogens is 3. The molecule has 4 heterocycles. The smallest absolute Gasteiger partial charge is 0.267 e. The summed E-state index contributed by atoms with van der Waals surface area (Å²) in [6.07, 6.45) is 5.10. The summed E-state index contributed by atoms with van der Waals surface area (Å²) in [6.45, 7) is 0.875. The minimum atomic E-state index is -0.216. The van der Waals surface area contributed by atoms with E-state index in [-0.39, 0.29) is 17.6 Å². The van der Waals surface area contributed by atoms with Crippen molar-refractivity contribution in [1.82, 2.24) is 14.8 Å². The molecule has 1 saturated heterocycles. The lowest BCUT2D eigenvalue weighted by Gasteiger charge is -2.24. The fourth-order valence-electron chi connectivity index (χ4n) is 4.39. The summed E-state index contributed by atoms with van der Waals surface area (Å²) in [7, 11) is 0. The highest BCUT2D eigenvalue weighted by molar-refractivity contribution is 7.98. The molecule has 2 aromatic heterocycles. The number of ether oxygens (including phenoxy) is 1. The van der Waals surface area contributed by atoms with Crippen molar-refractivity contribution in [2.75, 3.05) is 24.3 Å². The molecule has 2 unspecified atom stereocenters. The molecule has 0 bridgehead atoms. The van der Waals surface area contributed by atoms with Crippen molar-refractivity contribution < 1.29 is 4.74 Å². The maximum absolute atomic E-state index is 12.7. The first-order valence-corrected chi connectivity index (χ1v) is 11.3. The monoisotopic (exact) mass is 409 g/mol. The molecule has 0 spiro atoms. The molecule has 3 aliphatic rings. The van der Waals surface area contributed by atoms with Crippen LogP contribution in [-0.2, 0) is 29.8 Å². The summed E-state index contributed by atoms with van der Waals surface area (Å²) in [4.78, 5) is 17.5. The van der Waals surface area contributed by atoms with E-state index in [0.717, 1.165) is 60.6 Å². The zero-order valence-corrected chi connectivity index (χ0v) is 17.0. The van der Waals surface area contributed by atoms with E-state index >= 15 is 0 Å². The second-order valence-corrected chi connectivity index (χ2v) is 8.97. The average molecular weight is 410 g/mol. The maximum Gasteiger partial charge on any atom is 0.267 e. The molecule has 29 heavy (non-hydrogen) atoms. The first-order chi connectivity index (χ1) is 14.2. The Morgan fingerprint density at radius 1 is 1.17 bits per heavy atom. The van der Waals surface area contributed by atoms with Crippen LogP contribution >= 0.6 is 11.8 Å². The van der Waals surface area contributed by atoms with Gasteiger partial charge < -0.3 is 10.1 Å². The standard InChI is InChI=1S/C21H23N5O2S/c22-9-14-7-13-3-1-2-4-16(13)23-21(14)24-18-10-28-11-19(18)26-20(27)8-15-12-29-6-5-17(15)25-26/h7-8,18-19H,1-6,10-12H2,(H,23,24). The van der Waals surface area contributed by atoms with Gasteiger partial charge >= 0.3 is 0 Å². The molecule has 1 aliphatic carbocycles. The molecule has 0 radical (unpaired) electrons. The molecule has 8 heteroatoms. The topological polar surface area (TPSA) is 92.8 Å². The van der Waals surface area contributed by atoms with E-state index in [1.165, 1.54) is 5.56 Å². The molecular formula is C21H23N5O2S. The van der Waals surface area contributed by atoms with Gasteiger partial charge in [0.25, 0.3) is 5.56 Å². The second kappa shape index (κ2) is 7.81. The van der Waals surface area contributed by atoms with E-state index in [4.69, 9.17) is 9.72 Å². The van der Waals surface area contributed by atoms with Gasteiger partial charge in [0, 0.05) is 23.9 Å². The second-order valence-electron chi connectivity index (χ2n) is 7.87. The number of nitrogens with zero attached hydrogens (tertiary/aromatic N) is 4. The molecule has 5 rings (SSSR count). The predicted molar refractivity (Wildman–Crippen MR) is 111 cm³/mol. The highest BCUT2D eigenvalue weighted by atomic mass is 32.2. The van der Waals surface area contributed by atoms with Gasteiger partial charge in [-0.1, -0.05) is 0 Å². The lowest BCUT2D eigenvalue weighted by molar-refractivity contribution is 0.182. The summed E-state index contributed by atoms with van der Waals surface area (Å²) < 4.78 is 7.28. The molecular weight excluding hydrogens is 386 g/mol. The van der Waals surface area contributed by atoms with Crippen molar-refractivity contribution in [3.8, 4) is 6.07 Å². The van der Waals surface area contributed by atoms with Gasteiger partial charge in [-0.25, -0.2) is 9.67 Å². The van der Waals surface area contributed by atoms with Crippen molar-refractivity contribution in [3.63, 3.8) is 0 Å². The number of hydrogen-bond donors (Lipinski definition) is 1. The number of anilines is 1.